The second-order valence-corrected chi connectivity index (χ2v) is 9.78. The van der Waals surface area contributed by atoms with Gasteiger partial charge in [-0.2, -0.15) is 0 Å². The van der Waals surface area contributed by atoms with Gasteiger partial charge in [0.2, 0.25) is 0 Å². The third-order valence-electron chi connectivity index (χ3n) is 6.58. The number of unbranched alkanes of at least 4 members (excludes halogenated alkanes) is 24. The second-order valence-electron chi connectivity index (χ2n) is 9.78. The van der Waals surface area contributed by atoms with E-state index in [0.29, 0.717) is 0 Å². The van der Waals surface area contributed by atoms with Gasteiger partial charge in [0.15, 0.2) is 0 Å². The maximum Gasteiger partial charge on any atom is 0.119 e. The number of allylic oxidation sites excluding steroid dienone is 2. The highest BCUT2D eigenvalue weighted by Gasteiger charge is 1.94. The normalized spacial score (nSPS) is 11.5. The highest BCUT2D eigenvalue weighted by molar-refractivity contribution is 5.48. The maximum atomic E-state index is 10.2. The molecule has 1 nitrogen and oxygen atoms in total. The Kier molecular flexibility index (Phi) is 28.9. The monoisotopic (exact) mass is 434 g/mol. The van der Waals surface area contributed by atoms with E-state index >= 15 is 0 Å². The molecule has 0 aromatic rings. The number of hydrogen-bond donors (Lipinski definition) is 0. The first-order valence-corrected chi connectivity index (χ1v) is 14.5. The summed E-state index contributed by atoms with van der Waals surface area (Å²) < 4.78 is 0. The maximum absolute atomic E-state index is 10.2. The van der Waals surface area contributed by atoms with Crippen LogP contribution in [-0.4, -0.2) is 6.29 Å². The summed E-state index contributed by atoms with van der Waals surface area (Å²) in [5, 5.41) is 0. The summed E-state index contributed by atoms with van der Waals surface area (Å²) in [7, 11) is 0. The quantitative estimate of drug-likeness (QED) is 0.0713. The van der Waals surface area contributed by atoms with Crippen LogP contribution in [0.5, 0.6) is 0 Å². The van der Waals surface area contributed by atoms with Crippen molar-refractivity contribution < 1.29 is 4.79 Å². The predicted octanol–water partition coefficient (Wildman–Crippen LogP) is 10.9. The molecule has 0 aromatic heterocycles. The van der Waals surface area contributed by atoms with Crippen LogP contribution in [0.4, 0.5) is 0 Å². The van der Waals surface area contributed by atoms with E-state index in [-0.39, 0.29) is 0 Å². The SMILES string of the molecule is CCCCCCCCCCCCC/C=C/CCCCCCCCCCCCCCC=O. The number of hydrogen-bond acceptors (Lipinski definition) is 1. The van der Waals surface area contributed by atoms with Crippen LogP contribution in [0, 0.1) is 0 Å². The second kappa shape index (κ2) is 29.4. The molecule has 0 atom stereocenters. The minimum atomic E-state index is 0.759. The van der Waals surface area contributed by atoms with Crippen molar-refractivity contribution in [2.75, 3.05) is 0 Å². The molecule has 0 amide bonds. The first-order valence-electron chi connectivity index (χ1n) is 14.5. The Balaban J connectivity index is 3.06. The molecule has 0 saturated carbocycles. The fourth-order valence-electron chi connectivity index (χ4n) is 4.42. The average molecular weight is 435 g/mol. The molecule has 0 fully saturated rings. The van der Waals surface area contributed by atoms with Crippen molar-refractivity contribution in [3.63, 3.8) is 0 Å². The minimum Gasteiger partial charge on any atom is -0.303 e. The summed E-state index contributed by atoms with van der Waals surface area (Å²) in [6.45, 7) is 2.30. The lowest BCUT2D eigenvalue weighted by molar-refractivity contribution is -0.107. The molecule has 31 heavy (non-hydrogen) atoms. The van der Waals surface area contributed by atoms with Crippen molar-refractivity contribution in [3.05, 3.63) is 12.2 Å². The molecule has 0 radical (unpaired) electrons. The van der Waals surface area contributed by atoms with E-state index < -0.39 is 0 Å². The highest BCUT2D eigenvalue weighted by Crippen LogP contribution is 2.14. The zero-order chi connectivity index (χ0) is 22.5. The third-order valence-corrected chi connectivity index (χ3v) is 6.58. The molecule has 0 aromatic carbocycles. The van der Waals surface area contributed by atoms with Gasteiger partial charge < -0.3 is 4.79 Å². The molecule has 0 unspecified atom stereocenters. The fourth-order valence-corrected chi connectivity index (χ4v) is 4.42. The number of aldehydes is 1. The zero-order valence-corrected chi connectivity index (χ0v) is 21.5. The Hall–Kier alpha value is -0.590. The Morgan fingerprint density at radius 3 is 0.903 bits per heavy atom. The van der Waals surface area contributed by atoms with E-state index in [9.17, 15) is 4.79 Å². The Labute approximate surface area is 197 Å². The lowest BCUT2D eigenvalue weighted by Gasteiger charge is -2.02. The largest absolute Gasteiger partial charge is 0.303 e. The molecule has 0 aliphatic carbocycles. The standard InChI is InChI=1S/C30H58O/c1-2-3-4-5-6-7-8-9-10-11-12-13-14-15-16-17-18-19-20-21-22-23-24-25-26-27-28-29-30-31/h14-15,30H,2-13,16-29H2,1H3/b15-14+. The van der Waals surface area contributed by atoms with Crippen molar-refractivity contribution in [1.29, 1.82) is 0 Å². The first kappa shape index (κ1) is 30.4. The van der Waals surface area contributed by atoms with Crippen molar-refractivity contribution in [1.82, 2.24) is 0 Å². The number of rotatable bonds is 27. The van der Waals surface area contributed by atoms with Crippen LogP contribution in [0.25, 0.3) is 0 Å². The summed E-state index contributed by atoms with van der Waals surface area (Å²) in [5.74, 6) is 0. The van der Waals surface area contributed by atoms with Crippen LogP contribution < -0.4 is 0 Å². The molecule has 0 aliphatic rings. The van der Waals surface area contributed by atoms with E-state index in [2.05, 4.69) is 19.1 Å². The van der Waals surface area contributed by atoms with Crippen LogP contribution in [-0.2, 0) is 4.79 Å². The van der Waals surface area contributed by atoms with Gasteiger partial charge in [0.25, 0.3) is 0 Å². The van der Waals surface area contributed by atoms with E-state index in [1.807, 2.05) is 0 Å². The molecule has 0 aliphatic heterocycles. The van der Waals surface area contributed by atoms with Crippen LogP contribution in [0.15, 0.2) is 12.2 Å². The van der Waals surface area contributed by atoms with Crippen molar-refractivity contribution >= 4 is 6.29 Å². The molecule has 0 N–H and O–H groups in total. The Bertz CT molecular complexity index is 346. The Morgan fingerprint density at radius 1 is 0.355 bits per heavy atom. The van der Waals surface area contributed by atoms with Gasteiger partial charge in [0, 0.05) is 6.42 Å². The topological polar surface area (TPSA) is 17.1 Å². The molecule has 0 bridgehead atoms. The van der Waals surface area contributed by atoms with Crippen LogP contribution >= 0.6 is 0 Å². The lowest BCUT2D eigenvalue weighted by atomic mass is 10.0. The van der Waals surface area contributed by atoms with Gasteiger partial charge in [-0.15, -0.1) is 0 Å². The van der Waals surface area contributed by atoms with Crippen LogP contribution in [0.2, 0.25) is 0 Å². The Morgan fingerprint density at radius 2 is 0.613 bits per heavy atom. The number of carbonyl (C=O) groups excluding carboxylic acids is 1. The number of carbonyl (C=O) groups is 1. The summed E-state index contributed by atoms with van der Waals surface area (Å²) in [4.78, 5) is 10.2. The molecule has 0 spiro atoms. The van der Waals surface area contributed by atoms with Gasteiger partial charge in [0.1, 0.15) is 6.29 Å². The predicted molar refractivity (Wildman–Crippen MR) is 141 cm³/mol. The van der Waals surface area contributed by atoms with Gasteiger partial charge >= 0.3 is 0 Å². The molecule has 1 heteroatoms. The minimum absolute atomic E-state index is 0.759. The van der Waals surface area contributed by atoms with Crippen molar-refractivity contribution in [2.45, 2.75) is 174 Å². The van der Waals surface area contributed by atoms with E-state index in [1.54, 1.807) is 0 Å². The summed E-state index contributed by atoms with van der Waals surface area (Å²) in [6.07, 6.45) is 41.5. The van der Waals surface area contributed by atoms with Crippen molar-refractivity contribution in [3.8, 4) is 0 Å². The molecular weight excluding hydrogens is 376 g/mol. The van der Waals surface area contributed by atoms with Gasteiger partial charge in [-0.1, -0.05) is 147 Å². The van der Waals surface area contributed by atoms with Gasteiger partial charge in [-0.3, -0.25) is 0 Å². The summed E-state index contributed by atoms with van der Waals surface area (Å²) in [5.41, 5.74) is 0. The smallest absolute Gasteiger partial charge is 0.119 e. The molecule has 0 rings (SSSR count). The van der Waals surface area contributed by atoms with E-state index in [0.717, 1.165) is 19.1 Å². The third kappa shape index (κ3) is 29.4. The molecule has 0 heterocycles. The molecule has 184 valence electrons. The highest BCUT2D eigenvalue weighted by atomic mass is 16.1. The fraction of sp³-hybridized carbons (Fsp3) is 0.900. The van der Waals surface area contributed by atoms with Gasteiger partial charge in [-0.25, -0.2) is 0 Å². The molecular formula is C30H58O. The van der Waals surface area contributed by atoms with Gasteiger partial charge in [0.05, 0.1) is 0 Å². The molecule has 0 saturated heterocycles. The summed E-state index contributed by atoms with van der Waals surface area (Å²) in [6, 6.07) is 0. The lowest BCUT2D eigenvalue weighted by Crippen LogP contribution is -1.83. The van der Waals surface area contributed by atoms with Crippen LogP contribution in [0.1, 0.15) is 174 Å². The van der Waals surface area contributed by atoms with Crippen LogP contribution in [0.3, 0.4) is 0 Å². The van der Waals surface area contributed by atoms with Crippen molar-refractivity contribution in [2.24, 2.45) is 0 Å². The van der Waals surface area contributed by atoms with E-state index in [1.165, 1.54) is 154 Å². The van der Waals surface area contributed by atoms with E-state index in [4.69, 9.17) is 0 Å². The zero-order valence-electron chi connectivity index (χ0n) is 21.5. The van der Waals surface area contributed by atoms with Gasteiger partial charge in [-0.05, 0) is 32.1 Å². The average Bonchev–Trinajstić information content (AvgIpc) is 2.78. The summed E-state index contributed by atoms with van der Waals surface area (Å²) >= 11 is 0. The first-order chi connectivity index (χ1) is 15.4.